The SMILES string of the molecule is O=C(Cn1nccn1)Nc1n[nH]c(-c2ccc(Cl)cc2Cl)n1. The van der Waals surface area contributed by atoms with Gasteiger partial charge in [0.15, 0.2) is 5.82 Å². The van der Waals surface area contributed by atoms with Gasteiger partial charge in [0.25, 0.3) is 0 Å². The third kappa shape index (κ3) is 3.23. The second-order valence-corrected chi connectivity index (χ2v) is 5.08. The molecular formula is C12H9Cl2N7O. The Kier molecular flexibility index (Phi) is 4.03. The van der Waals surface area contributed by atoms with E-state index >= 15 is 0 Å². The number of rotatable bonds is 4. The summed E-state index contributed by atoms with van der Waals surface area (Å²) in [6.07, 6.45) is 2.97. The maximum atomic E-state index is 11.8. The fourth-order valence-electron chi connectivity index (χ4n) is 1.74. The number of carbonyl (C=O) groups excluding carboxylic acids is 1. The molecule has 1 aromatic carbocycles. The molecule has 10 heteroatoms. The molecule has 0 aliphatic carbocycles. The van der Waals surface area contributed by atoms with Crippen molar-refractivity contribution in [1.82, 2.24) is 30.2 Å². The highest BCUT2D eigenvalue weighted by Gasteiger charge is 2.12. The lowest BCUT2D eigenvalue weighted by Gasteiger charge is -2.00. The molecule has 0 bridgehead atoms. The zero-order valence-electron chi connectivity index (χ0n) is 11.0. The number of amides is 1. The highest BCUT2D eigenvalue weighted by Crippen LogP contribution is 2.28. The molecule has 0 fully saturated rings. The lowest BCUT2D eigenvalue weighted by Crippen LogP contribution is -2.20. The number of anilines is 1. The van der Waals surface area contributed by atoms with E-state index < -0.39 is 0 Å². The zero-order valence-corrected chi connectivity index (χ0v) is 12.5. The standard InChI is InChI=1S/C12H9Cl2N7O/c13-7-1-2-8(9(14)5-7)11-18-12(20-19-11)17-10(22)6-21-15-3-4-16-21/h1-5H,6H2,(H2,17,18,19,20,22). The maximum Gasteiger partial charge on any atom is 0.250 e. The van der Waals surface area contributed by atoms with Gasteiger partial charge in [0.1, 0.15) is 6.54 Å². The lowest BCUT2D eigenvalue weighted by molar-refractivity contribution is -0.117. The zero-order chi connectivity index (χ0) is 15.5. The summed E-state index contributed by atoms with van der Waals surface area (Å²) in [7, 11) is 0. The van der Waals surface area contributed by atoms with Crippen LogP contribution in [-0.4, -0.2) is 36.1 Å². The topological polar surface area (TPSA) is 101 Å². The van der Waals surface area contributed by atoms with Gasteiger partial charge in [-0.3, -0.25) is 15.2 Å². The van der Waals surface area contributed by atoms with Crippen molar-refractivity contribution in [3.63, 3.8) is 0 Å². The van der Waals surface area contributed by atoms with E-state index in [0.717, 1.165) is 0 Å². The molecule has 3 rings (SSSR count). The number of aromatic nitrogens is 6. The summed E-state index contributed by atoms with van der Waals surface area (Å²) >= 11 is 11.9. The molecule has 22 heavy (non-hydrogen) atoms. The van der Waals surface area contributed by atoms with Crippen LogP contribution >= 0.6 is 23.2 Å². The van der Waals surface area contributed by atoms with Crippen LogP contribution in [0.3, 0.4) is 0 Å². The van der Waals surface area contributed by atoms with Crippen LogP contribution in [0, 0.1) is 0 Å². The molecule has 0 radical (unpaired) electrons. The highest BCUT2D eigenvalue weighted by atomic mass is 35.5. The van der Waals surface area contributed by atoms with E-state index in [4.69, 9.17) is 23.2 Å². The Balaban J connectivity index is 1.72. The number of halogens is 2. The molecule has 0 aliphatic rings. The molecule has 0 atom stereocenters. The van der Waals surface area contributed by atoms with E-state index in [-0.39, 0.29) is 18.4 Å². The fourth-order valence-corrected chi connectivity index (χ4v) is 2.24. The van der Waals surface area contributed by atoms with Crippen molar-refractivity contribution < 1.29 is 4.79 Å². The van der Waals surface area contributed by atoms with Crippen molar-refractivity contribution in [2.45, 2.75) is 6.54 Å². The molecule has 2 N–H and O–H groups in total. The van der Waals surface area contributed by atoms with Crippen molar-refractivity contribution >= 4 is 35.1 Å². The Bertz CT molecular complexity index is 800. The Morgan fingerprint density at radius 2 is 2.05 bits per heavy atom. The molecule has 0 aliphatic heterocycles. The smallest absolute Gasteiger partial charge is 0.250 e. The quantitative estimate of drug-likeness (QED) is 0.758. The molecule has 0 saturated heterocycles. The number of hydrogen-bond acceptors (Lipinski definition) is 5. The predicted octanol–water partition coefficient (Wildman–Crippen LogP) is 2.01. The summed E-state index contributed by atoms with van der Waals surface area (Å²) in [6, 6.07) is 5.00. The Morgan fingerprint density at radius 3 is 2.77 bits per heavy atom. The van der Waals surface area contributed by atoms with E-state index in [2.05, 4.69) is 30.7 Å². The number of benzene rings is 1. The molecular weight excluding hydrogens is 329 g/mol. The first kappa shape index (κ1) is 14.5. The van der Waals surface area contributed by atoms with Gasteiger partial charge in [-0.25, -0.2) is 0 Å². The number of hydrogen-bond donors (Lipinski definition) is 2. The average molecular weight is 338 g/mol. The molecule has 2 aromatic heterocycles. The van der Waals surface area contributed by atoms with Gasteiger partial charge in [0, 0.05) is 10.6 Å². The summed E-state index contributed by atoms with van der Waals surface area (Å²) in [5.41, 5.74) is 0.632. The first-order valence-corrected chi connectivity index (χ1v) is 6.89. The number of nitrogens with zero attached hydrogens (tertiary/aromatic N) is 5. The Hall–Kier alpha value is -2.45. The fraction of sp³-hybridized carbons (Fsp3) is 0.0833. The predicted molar refractivity (Wildman–Crippen MR) is 80.5 cm³/mol. The number of H-pyrrole nitrogens is 1. The lowest BCUT2D eigenvalue weighted by atomic mass is 10.2. The number of nitrogens with one attached hydrogen (secondary N) is 2. The summed E-state index contributed by atoms with van der Waals surface area (Å²) < 4.78 is 0. The third-order valence-corrected chi connectivity index (χ3v) is 3.22. The van der Waals surface area contributed by atoms with Crippen LogP contribution in [0.2, 0.25) is 10.0 Å². The van der Waals surface area contributed by atoms with Crippen LogP contribution in [0.15, 0.2) is 30.6 Å². The molecule has 0 unspecified atom stereocenters. The molecule has 0 saturated carbocycles. The van der Waals surface area contributed by atoms with Gasteiger partial charge in [-0.15, -0.1) is 5.10 Å². The van der Waals surface area contributed by atoms with Crippen LogP contribution in [0.1, 0.15) is 0 Å². The van der Waals surface area contributed by atoms with Crippen LogP contribution < -0.4 is 5.32 Å². The van der Waals surface area contributed by atoms with Crippen LogP contribution in [0.5, 0.6) is 0 Å². The third-order valence-electron chi connectivity index (χ3n) is 2.67. The van der Waals surface area contributed by atoms with Crippen molar-refractivity contribution in [1.29, 1.82) is 0 Å². The molecule has 112 valence electrons. The minimum Gasteiger partial charge on any atom is -0.292 e. The minimum absolute atomic E-state index is 0.0292. The molecule has 8 nitrogen and oxygen atoms in total. The van der Waals surface area contributed by atoms with Gasteiger partial charge in [-0.05, 0) is 18.2 Å². The molecule has 0 spiro atoms. The van der Waals surface area contributed by atoms with Crippen LogP contribution in [0.4, 0.5) is 5.95 Å². The van der Waals surface area contributed by atoms with Gasteiger partial charge in [0.05, 0.1) is 17.4 Å². The van der Waals surface area contributed by atoms with E-state index in [1.165, 1.54) is 17.2 Å². The largest absolute Gasteiger partial charge is 0.292 e. The molecule has 3 aromatic rings. The average Bonchev–Trinajstić information content (AvgIpc) is 3.10. The van der Waals surface area contributed by atoms with Gasteiger partial charge < -0.3 is 0 Å². The van der Waals surface area contributed by atoms with Gasteiger partial charge in [0.2, 0.25) is 11.9 Å². The summed E-state index contributed by atoms with van der Waals surface area (Å²) in [4.78, 5) is 17.2. The second kappa shape index (κ2) is 6.12. The van der Waals surface area contributed by atoms with Crippen molar-refractivity contribution in [3.05, 3.63) is 40.6 Å². The highest BCUT2D eigenvalue weighted by molar-refractivity contribution is 6.36. The van der Waals surface area contributed by atoms with E-state index in [1.54, 1.807) is 18.2 Å². The monoisotopic (exact) mass is 337 g/mol. The van der Waals surface area contributed by atoms with E-state index in [9.17, 15) is 4.79 Å². The molecule has 1 amide bonds. The van der Waals surface area contributed by atoms with Gasteiger partial charge in [-0.2, -0.15) is 20.0 Å². The Morgan fingerprint density at radius 1 is 1.27 bits per heavy atom. The first-order chi connectivity index (χ1) is 10.6. The first-order valence-electron chi connectivity index (χ1n) is 6.13. The van der Waals surface area contributed by atoms with Gasteiger partial charge in [-0.1, -0.05) is 23.2 Å². The number of carbonyl (C=O) groups is 1. The summed E-state index contributed by atoms with van der Waals surface area (Å²) in [5.74, 6) is 0.219. The normalized spacial score (nSPS) is 10.6. The minimum atomic E-state index is -0.344. The van der Waals surface area contributed by atoms with Crippen LogP contribution in [0.25, 0.3) is 11.4 Å². The van der Waals surface area contributed by atoms with E-state index in [1.807, 2.05) is 0 Å². The Labute approximate surface area is 134 Å². The number of aromatic amines is 1. The van der Waals surface area contributed by atoms with Crippen molar-refractivity contribution in [3.8, 4) is 11.4 Å². The summed E-state index contributed by atoms with van der Waals surface area (Å²) in [6.45, 7) is -0.0292. The van der Waals surface area contributed by atoms with Crippen molar-refractivity contribution in [2.24, 2.45) is 0 Å². The van der Waals surface area contributed by atoms with Crippen LogP contribution in [-0.2, 0) is 11.3 Å². The molecule has 2 heterocycles. The van der Waals surface area contributed by atoms with E-state index in [0.29, 0.717) is 21.4 Å². The summed E-state index contributed by atoms with van der Waals surface area (Å²) in [5, 5.41) is 17.8. The second-order valence-electron chi connectivity index (χ2n) is 4.24. The van der Waals surface area contributed by atoms with Gasteiger partial charge >= 0.3 is 0 Å². The van der Waals surface area contributed by atoms with Crippen molar-refractivity contribution in [2.75, 3.05) is 5.32 Å². The maximum absolute atomic E-state index is 11.8.